The number of hydrogen-bond acceptors (Lipinski definition) is 10. The third-order valence-corrected chi connectivity index (χ3v) is 11.1. The number of likely N-dealkylation sites (tertiary alicyclic amines) is 1. The molecule has 0 bridgehead atoms. The van der Waals surface area contributed by atoms with Gasteiger partial charge in [-0.1, -0.05) is 30.3 Å². The summed E-state index contributed by atoms with van der Waals surface area (Å²) in [5, 5.41) is 24.7. The van der Waals surface area contributed by atoms with E-state index in [9.17, 15) is 33.9 Å². The second kappa shape index (κ2) is 21.4. The molecule has 2 aliphatic heterocycles. The van der Waals surface area contributed by atoms with Crippen LogP contribution in [0.5, 0.6) is 5.75 Å². The smallest absolute Gasteiger partial charge is 0.326 e. The summed E-state index contributed by atoms with van der Waals surface area (Å²) in [5.74, 6) is -3.48. The molecule has 3 heterocycles. The van der Waals surface area contributed by atoms with Gasteiger partial charge in [-0.05, 0) is 101 Å². The van der Waals surface area contributed by atoms with Crippen LogP contribution in [0.25, 0.3) is 10.9 Å². The molecule has 0 aliphatic carbocycles. The van der Waals surface area contributed by atoms with E-state index in [1.165, 1.54) is 18.7 Å². The molecule has 13 N–H and O–H groups in total. The number of aromatic amines is 1. The van der Waals surface area contributed by atoms with Crippen molar-refractivity contribution in [3.63, 3.8) is 0 Å². The summed E-state index contributed by atoms with van der Waals surface area (Å²) < 4.78 is 5.35. The molecule has 0 spiro atoms. The number of ether oxygens (including phenoxy) is 1. The molecule has 19 heteroatoms. The van der Waals surface area contributed by atoms with Crippen LogP contribution in [0, 0.1) is 0 Å². The average molecular weight is 846 g/mol. The standard InChI is InChI=1S/C42H59N11O8/c1-23(47-38(56)32-22-28-27-10-4-5-11-29(27)49-35(28)34(50-32)25-15-17-26(61-3)18-16-25)36(54)51-30(13-8-20-46-42(44)45)40(58)53-21-9-14-33(53)39(57)48-24(2)37(55)52-31(41(59)60)12-6-7-19-43/h4-5,10-11,15-18,23-24,30-34,49-50H,6-9,12-14,19-22,43H2,1-3H3,(H,47,56)(H,48,57)(H,51,54)(H,52,55)(H,59,60)(H4,44,45,46)/t23-,24-,30-,31-,32-,33-,34+/m0/s1. The number of hydrogen-bond donors (Lipinski definition) is 10. The topological polar surface area (TPSA) is 301 Å². The van der Waals surface area contributed by atoms with Crippen LogP contribution in [0.2, 0.25) is 0 Å². The molecule has 3 aromatic rings. The summed E-state index contributed by atoms with van der Waals surface area (Å²) in [7, 11) is 1.59. The molecular formula is C42H59N11O8. The van der Waals surface area contributed by atoms with Crippen LogP contribution in [0.1, 0.15) is 81.7 Å². The van der Waals surface area contributed by atoms with E-state index in [0.29, 0.717) is 50.8 Å². The Labute approximate surface area is 354 Å². The number of nitrogens with zero attached hydrogens (tertiary/aromatic N) is 2. The molecule has 7 atom stereocenters. The highest BCUT2D eigenvalue weighted by molar-refractivity contribution is 5.97. The normalized spacial score (nSPS) is 19.1. The number of aliphatic imine (C=N–C) groups is 1. The van der Waals surface area contributed by atoms with Crippen molar-refractivity contribution in [1.82, 2.24) is 36.5 Å². The van der Waals surface area contributed by atoms with Crippen molar-refractivity contribution < 1.29 is 38.6 Å². The number of benzene rings is 2. The highest BCUT2D eigenvalue weighted by Crippen LogP contribution is 2.35. The quantitative estimate of drug-likeness (QED) is 0.0409. The lowest BCUT2D eigenvalue weighted by atomic mass is 9.90. The monoisotopic (exact) mass is 845 g/mol. The first-order valence-corrected chi connectivity index (χ1v) is 20.7. The molecular weight excluding hydrogens is 787 g/mol. The fraction of sp³-hybridized carbons (Fsp3) is 0.500. The van der Waals surface area contributed by atoms with Crippen LogP contribution in [0.15, 0.2) is 53.5 Å². The van der Waals surface area contributed by atoms with Crippen LogP contribution in [-0.4, -0.2) is 119 Å². The Kier molecular flexibility index (Phi) is 16.1. The Morgan fingerprint density at radius 1 is 0.885 bits per heavy atom. The van der Waals surface area contributed by atoms with Crippen molar-refractivity contribution >= 4 is 52.4 Å². The number of nitrogens with two attached hydrogens (primary N) is 3. The molecule has 0 radical (unpaired) electrons. The number of amides is 5. The van der Waals surface area contributed by atoms with Gasteiger partial charge in [-0.2, -0.15) is 0 Å². The Morgan fingerprint density at radius 3 is 2.20 bits per heavy atom. The van der Waals surface area contributed by atoms with Crippen molar-refractivity contribution in [2.75, 3.05) is 26.7 Å². The number of carbonyl (C=O) groups is 6. The van der Waals surface area contributed by atoms with Crippen molar-refractivity contribution in [1.29, 1.82) is 0 Å². The maximum atomic E-state index is 14.2. The Balaban J connectivity index is 1.26. The van der Waals surface area contributed by atoms with Gasteiger partial charge < -0.3 is 58.2 Å². The average Bonchev–Trinajstić information content (AvgIpc) is 3.89. The predicted molar refractivity (Wildman–Crippen MR) is 228 cm³/mol. The summed E-state index contributed by atoms with van der Waals surface area (Å²) in [6, 6.07) is 8.98. The lowest BCUT2D eigenvalue weighted by molar-refractivity contribution is -0.143. The van der Waals surface area contributed by atoms with Crippen molar-refractivity contribution in [3.05, 3.63) is 65.4 Å². The van der Waals surface area contributed by atoms with E-state index >= 15 is 0 Å². The molecule has 1 aromatic heterocycles. The number of rotatable bonds is 20. The lowest BCUT2D eigenvalue weighted by Gasteiger charge is -2.32. The first kappa shape index (κ1) is 45.9. The number of carboxylic acid groups (broad SMARTS) is 1. The summed E-state index contributed by atoms with van der Waals surface area (Å²) in [5.41, 5.74) is 20.3. The molecule has 2 aliphatic rings. The van der Waals surface area contributed by atoms with E-state index in [4.69, 9.17) is 21.9 Å². The van der Waals surface area contributed by atoms with Crippen molar-refractivity contribution in [2.45, 2.75) is 108 Å². The molecule has 330 valence electrons. The zero-order valence-corrected chi connectivity index (χ0v) is 34.9. The number of carboxylic acids is 1. The number of nitrogens with one attached hydrogen (secondary N) is 6. The van der Waals surface area contributed by atoms with Gasteiger partial charge in [-0.3, -0.25) is 34.3 Å². The Hall–Kier alpha value is -6.21. The zero-order chi connectivity index (χ0) is 44.2. The van der Waals surface area contributed by atoms with Gasteiger partial charge in [0.05, 0.1) is 19.2 Å². The highest BCUT2D eigenvalue weighted by Gasteiger charge is 2.40. The van der Waals surface area contributed by atoms with Gasteiger partial charge in [-0.25, -0.2) is 4.79 Å². The summed E-state index contributed by atoms with van der Waals surface area (Å²) in [6.07, 6.45) is 2.83. The van der Waals surface area contributed by atoms with Gasteiger partial charge in [0.15, 0.2) is 5.96 Å². The second-order valence-electron chi connectivity index (χ2n) is 15.5. The van der Waals surface area contributed by atoms with E-state index in [0.717, 1.165) is 27.7 Å². The number of aromatic nitrogens is 1. The van der Waals surface area contributed by atoms with E-state index < -0.39 is 71.8 Å². The number of aliphatic carboxylic acids is 1. The number of H-pyrrole nitrogens is 1. The molecule has 1 fully saturated rings. The van der Waals surface area contributed by atoms with Crippen molar-refractivity contribution in [3.8, 4) is 5.75 Å². The fourth-order valence-electron chi connectivity index (χ4n) is 7.82. The minimum atomic E-state index is -1.20. The number of fused-ring (bicyclic) bond motifs is 3. The first-order chi connectivity index (χ1) is 29.2. The van der Waals surface area contributed by atoms with Crippen LogP contribution in [-0.2, 0) is 35.2 Å². The van der Waals surface area contributed by atoms with E-state index in [1.807, 2.05) is 48.5 Å². The number of methoxy groups -OCH3 is 1. The van der Waals surface area contributed by atoms with Crippen LogP contribution < -0.4 is 48.5 Å². The summed E-state index contributed by atoms with van der Waals surface area (Å²) in [6.45, 7) is 3.73. The molecule has 2 aromatic carbocycles. The fourth-order valence-corrected chi connectivity index (χ4v) is 7.82. The highest BCUT2D eigenvalue weighted by atomic mass is 16.5. The van der Waals surface area contributed by atoms with Crippen LogP contribution in [0.3, 0.4) is 0 Å². The van der Waals surface area contributed by atoms with Gasteiger partial charge in [0, 0.05) is 29.7 Å². The van der Waals surface area contributed by atoms with Gasteiger partial charge >= 0.3 is 5.97 Å². The number of para-hydroxylation sites is 1. The second-order valence-corrected chi connectivity index (χ2v) is 15.5. The maximum Gasteiger partial charge on any atom is 0.326 e. The van der Waals surface area contributed by atoms with E-state index in [1.54, 1.807) is 7.11 Å². The van der Waals surface area contributed by atoms with Gasteiger partial charge in [-0.15, -0.1) is 0 Å². The lowest BCUT2D eigenvalue weighted by Crippen LogP contribution is -2.58. The minimum absolute atomic E-state index is 0.115. The first-order valence-electron chi connectivity index (χ1n) is 20.7. The number of unbranched alkanes of at least 4 members (excludes halogenated alkanes) is 1. The third-order valence-electron chi connectivity index (χ3n) is 11.1. The van der Waals surface area contributed by atoms with Gasteiger partial charge in [0.25, 0.3) is 0 Å². The van der Waals surface area contributed by atoms with E-state index in [-0.39, 0.29) is 37.9 Å². The molecule has 5 rings (SSSR count). The molecule has 1 saturated heterocycles. The Bertz CT molecular complexity index is 2070. The predicted octanol–water partition coefficient (Wildman–Crippen LogP) is 0.0174. The number of guanidine groups is 1. The zero-order valence-electron chi connectivity index (χ0n) is 34.9. The molecule has 5 amide bonds. The molecule has 61 heavy (non-hydrogen) atoms. The van der Waals surface area contributed by atoms with Gasteiger partial charge in [0.1, 0.15) is 36.0 Å². The van der Waals surface area contributed by atoms with E-state index in [2.05, 4.69) is 36.6 Å². The van der Waals surface area contributed by atoms with Crippen LogP contribution >= 0.6 is 0 Å². The van der Waals surface area contributed by atoms with Gasteiger partial charge in [0.2, 0.25) is 29.5 Å². The number of carbonyl (C=O) groups excluding carboxylic acids is 5. The van der Waals surface area contributed by atoms with Crippen molar-refractivity contribution in [2.24, 2.45) is 22.2 Å². The molecule has 0 saturated carbocycles. The SMILES string of the molecule is COc1ccc([C@H]2N[C@H](C(=O)N[C@@H](C)C(=O)N[C@@H](CCCN=C(N)N)C(=O)N3CCC[C@H]3C(=O)N[C@@H](C)C(=O)N[C@@H](CCCCN)C(=O)O)Cc3c2[nH]c2ccccc32)cc1. The van der Waals surface area contributed by atoms with Crippen LogP contribution in [0.4, 0.5) is 0 Å². The molecule has 19 nitrogen and oxygen atoms in total. The Morgan fingerprint density at radius 2 is 1.54 bits per heavy atom. The minimum Gasteiger partial charge on any atom is -0.497 e. The summed E-state index contributed by atoms with van der Waals surface area (Å²) >= 11 is 0. The largest absolute Gasteiger partial charge is 0.497 e. The summed E-state index contributed by atoms with van der Waals surface area (Å²) in [4.78, 5) is 89.0. The third kappa shape index (κ3) is 11.8. The molecule has 0 unspecified atom stereocenters. The maximum absolute atomic E-state index is 14.2.